The maximum Gasteiger partial charge on any atom is 0.188 e. The lowest BCUT2D eigenvalue weighted by atomic mass is 9.86. The van der Waals surface area contributed by atoms with E-state index in [9.17, 15) is 4.79 Å². The third-order valence-electron chi connectivity index (χ3n) is 4.58. The van der Waals surface area contributed by atoms with Gasteiger partial charge < -0.3 is 4.74 Å². The first kappa shape index (κ1) is 14.3. The number of ketones is 1. The second-order valence-electron chi connectivity index (χ2n) is 6.45. The molecule has 116 valence electrons. The number of Topliss-reactive ketones (excluding diaryl/α,β-unsaturated/α-hetero) is 1. The largest absolute Gasteiger partial charge is 0.489 e. The van der Waals surface area contributed by atoms with Gasteiger partial charge in [0.2, 0.25) is 0 Å². The molecule has 2 aromatic carbocycles. The van der Waals surface area contributed by atoms with Crippen LogP contribution >= 0.6 is 0 Å². The van der Waals surface area contributed by atoms with Gasteiger partial charge in [0.1, 0.15) is 12.4 Å². The molecule has 0 bridgehead atoms. The van der Waals surface area contributed by atoms with Gasteiger partial charge in [0, 0.05) is 5.56 Å². The molecule has 0 heterocycles. The normalized spacial score (nSPS) is 18.8. The maximum atomic E-state index is 12.6. The van der Waals surface area contributed by atoms with Crippen molar-refractivity contribution >= 4 is 5.78 Å². The number of fused-ring (bicyclic) bond motifs is 1. The van der Waals surface area contributed by atoms with E-state index >= 15 is 0 Å². The van der Waals surface area contributed by atoms with Crippen molar-refractivity contribution in [2.24, 2.45) is 5.92 Å². The van der Waals surface area contributed by atoms with Crippen LogP contribution in [0.1, 0.15) is 40.7 Å². The Balaban J connectivity index is 1.49. The van der Waals surface area contributed by atoms with Crippen molar-refractivity contribution in [3.63, 3.8) is 0 Å². The first-order valence-corrected chi connectivity index (χ1v) is 8.34. The van der Waals surface area contributed by atoms with Crippen LogP contribution in [0.2, 0.25) is 0 Å². The molecule has 0 unspecified atom stereocenters. The van der Waals surface area contributed by atoms with Gasteiger partial charge in [-0.25, -0.2) is 0 Å². The summed E-state index contributed by atoms with van der Waals surface area (Å²) in [6, 6.07) is 16.0. The minimum Gasteiger partial charge on any atom is -0.489 e. The Morgan fingerprint density at radius 2 is 1.87 bits per heavy atom. The molecule has 23 heavy (non-hydrogen) atoms. The molecular weight excluding hydrogens is 284 g/mol. The van der Waals surface area contributed by atoms with Crippen LogP contribution in [0.3, 0.4) is 0 Å². The number of ether oxygens (including phenoxy) is 1. The van der Waals surface area contributed by atoms with E-state index in [2.05, 4.69) is 18.2 Å². The lowest BCUT2D eigenvalue weighted by Gasteiger charge is -2.18. The Labute approximate surface area is 136 Å². The fourth-order valence-corrected chi connectivity index (χ4v) is 3.09. The molecule has 2 aromatic rings. The number of allylic oxidation sites excluding steroid dienone is 2. The van der Waals surface area contributed by atoms with E-state index in [1.54, 1.807) is 0 Å². The molecule has 1 fully saturated rings. The van der Waals surface area contributed by atoms with Gasteiger partial charge in [-0.05, 0) is 66.5 Å². The fourth-order valence-electron chi connectivity index (χ4n) is 3.09. The van der Waals surface area contributed by atoms with E-state index in [0.717, 1.165) is 40.9 Å². The first-order chi connectivity index (χ1) is 11.3. The first-order valence-electron chi connectivity index (χ1n) is 8.34. The minimum absolute atomic E-state index is 0.216. The lowest BCUT2D eigenvalue weighted by molar-refractivity contribution is 0.102. The van der Waals surface area contributed by atoms with Crippen LogP contribution in [0.25, 0.3) is 0 Å². The van der Waals surface area contributed by atoms with Gasteiger partial charge in [-0.2, -0.15) is 0 Å². The Kier molecular flexibility index (Phi) is 3.74. The summed E-state index contributed by atoms with van der Waals surface area (Å²) in [5.74, 6) is 1.71. The fraction of sp³-hybridized carbons (Fsp3) is 0.286. The smallest absolute Gasteiger partial charge is 0.188 e. The average Bonchev–Trinajstić information content (AvgIpc) is 3.41. The van der Waals surface area contributed by atoms with Crippen molar-refractivity contribution in [3.8, 4) is 5.75 Å². The zero-order chi connectivity index (χ0) is 15.6. The predicted molar refractivity (Wildman–Crippen MR) is 90.7 cm³/mol. The summed E-state index contributed by atoms with van der Waals surface area (Å²) in [5.41, 5.74) is 4.14. The molecule has 4 rings (SSSR count). The van der Waals surface area contributed by atoms with E-state index < -0.39 is 0 Å². The van der Waals surface area contributed by atoms with E-state index in [1.165, 1.54) is 12.8 Å². The highest BCUT2D eigenvalue weighted by Crippen LogP contribution is 2.35. The third-order valence-corrected chi connectivity index (χ3v) is 4.58. The minimum atomic E-state index is 0.216. The highest BCUT2D eigenvalue weighted by atomic mass is 16.5. The zero-order valence-electron chi connectivity index (χ0n) is 13.1. The summed E-state index contributed by atoms with van der Waals surface area (Å²) in [5, 5.41) is 0. The number of hydrogen-bond donors (Lipinski definition) is 0. The molecule has 1 saturated carbocycles. The summed E-state index contributed by atoms with van der Waals surface area (Å²) < 4.78 is 5.87. The van der Waals surface area contributed by atoms with E-state index in [-0.39, 0.29) is 5.78 Å². The Morgan fingerprint density at radius 1 is 1.04 bits per heavy atom. The van der Waals surface area contributed by atoms with E-state index in [4.69, 9.17) is 4.74 Å². The molecular formula is C21H20O2. The third kappa shape index (κ3) is 3.21. The SMILES string of the molecule is O=C1C(=CC2CC2)CCc2cc(OCc3ccccc3)ccc21. The van der Waals surface area contributed by atoms with Gasteiger partial charge in [0.25, 0.3) is 0 Å². The maximum absolute atomic E-state index is 12.6. The van der Waals surface area contributed by atoms with Crippen molar-refractivity contribution in [1.82, 2.24) is 0 Å². The number of carbonyl (C=O) groups excluding carboxylic acids is 1. The van der Waals surface area contributed by atoms with Crippen LogP contribution < -0.4 is 4.74 Å². The van der Waals surface area contributed by atoms with Crippen LogP contribution in [0.4, 0.5) is 0 Å². The molecule has 0 atom stereocenters. The van der Waals surface area contributed by atoms with Crippen LogP contribution in [0.15, 0.2) is 60.2 Å². The topological polar surface area (TPSA) is 26.3 Å². The molecule has 0 aromatic heterocycles. The van der Waals surface area contributed by atoms with Crippen LogP contribution in [-0.2, 0) is 13.0 Å². The monoisotopic (exact) mass is 304 g/mol. The lowest BCUT2D eigenvalue weighted by Crippen LogP contribution is -2.14. The number of aryl methyl sites for hydroxylation is 1. The van der Waals surface area contributed by atoms with Gasteiger partial charge in [-0.15, -0.1) is 0 Å². The summed E-state index contributed by atoms with van der Waals surface area (Å²) in [4.78, 5) is 12.6. The number of rotatable bonds is 4. The van der Waals surface area contributed by atoms with Crippen molar-refractivity contribution in [1.29, 1.82) is 0 Å². The van der Waals surface area contributed by atoms with Crippen LogP contribution in [0, 0.1) is 5.92 Å². The second-order valence-corrected chi connectivity index (χ2v) is 6.45. The van der Waals surface area contributed by atoms with Gasteiger partial charge >= 0.3 is 0 Å². The van der Waals surface area contributed by atoms with E-state index in [1.807, 2.05) is 36.4 Å². The highest BCUT2D eigenvalue weighted by Gasteiger charge is 2.26. The van der Waals surface area contributed by atoms with Gasteiger partial charge in [-0.3, -0.25) is 4.79 Å². The molecule has 0 amide bonds. The Bertz CT molecular complexity index is 755. The molecule has 0 spiro atoms. The van der Waals surface area contributed by atoms with Crippen molar-refractivity contribution < 1.29 is 9.53 Å². The summed E-state index contributed by atoms with van der Waals surface area (Å²) >= 11 is 0. The number of hydrogen-bond acceptors (Lipinski definition) is 2. The second kappa shape index (κ2) is 6.04. The molecule has 0 aliphatic heterocycles. The standard InChI is InChI=1S/C21H20O2/c22-21-18(12-15-6-7-15)9-8-17-13-19(10-11-20(17)21)23-14-16-4-2-1-3-5-16/h1-5,10-13,15H,6-9,14H2. The van der Waals surface area contributed by atoms with Crippen LogP contribution in [-0.4, -0.2) is 5.78 Å². The van der Waals surface area contributed by atoms with Crippen molar-refractivity contribution in [3.05, 3.63) is 76.9 Å². The van der Waals surface area contributed by atoms with Crippen molar-refractivity contribution in [2.75, 3.05) is 0 Å². The predicted octanol–water partition coefficient (Wildman–Crippen LogP) is 4.73. The summed E-state index contributed by atoms with van der Waals surface area (Å²) in [7, 11) is 0. The molecule has 0 radical (unpaired) electrons. The molecule has 2 nitrogen and oxygen atoms in total. The quantitative estimate of drug-likeness (QED) is 0.763. The average molecular weight is 304 g/mol. The van der Waals surface area contributed by atoms with Crippen LogP contribution in [0.5, 0.6) is 5.75 Å². The molecule has 0 N–H and O–H groups in total. The molecule has 2 heteroatoms. The number of carbonyl (C=O) groups is 1. The van der Waals surface area contributed by atoms with E-state index in [0.29, 0.717) is 12.5 Å². The van der Waals surface area contributed by atoms with Gasteiger partial charge in [-0.1, -0.05) is 36.4 Å². The van der Waals surface area contributed by atoms with Gasteiger partial charge in [0.05, 0.1) is 0 Å². The molecule has 2 aliphatic rings. The summed E-state index contributed by atoms with van der Waals surface area (Å²) in [6.07, 6.45) is 6.49. The molecule has 0 saturated heterocycles. The van der Waals surface area contributed by atoms with Crippen molar-refractivity contribution in [2.45, 2.75) is 32.3 Å². The highest BCUT2D eigenvalue weighted by molar-refractivity contribution is 6.10. The Hall–Kier alpha value is -2.35. The number of benzene rings is 2. The zero-order valence-corrected chi connectivity index (χ0v) is 13.1. The Morgan fingerprint density at radius 3 is 2.65 bits per heavy atom. The summed E-state index contributed by atoms with van der Waals surface area (Å²) in [6.45, 7) is 0.556. The molecule has 2 aliphatic carbocycles. The van der Waals surface area contributed by atoms with Gasteiger partial charge in [0.15, 0.2) is 5.78 Å².